The molecule has 5 rings (SSSR count). The number of carbonyl (C=O) groups is 2. The molecule has 4 aliphatic rings. The number of ether oxygens (including phenoxy) is 1. The minimum atomic E-state index is -0.302. The summed E-state index contributed by atoms with van der Waals surface area (Å²) >= 11 is 0. The average Bonchev–Trinajstić information content (AvgIpc) is 2.58. The molecule has 4 aliphatic carbocycles. The summed E-state index contributed by atoms with van der Waals surface area (Å²) in [5.41, 5.74) is 1.73. The maximum atomic E-state index is 12.8. The van der Waals surface area contributed by atoms with Crippen LogP contribution in [0.1, 0.15) is 64.9 Å². The van der Waals surface area contributed by atoms with Crippen molar-refractivity contribution in [2.45, 2.75) is 64.7 Å². The minimum absolute atomic E-state index is 0.0793. The standard InChI is InChI=1S/C23H31NO3/c1-22(2,3)18-4-6-19(7-5-18)24-20(25)14-27-21(26)23-11-15-8-16(12-23)10-17(9-15)13-23/h4-7,15-17H,8-14H2,1-3H3,(H,24,25). The zero-order valence-corrected chi connectivity index (χ0v) is 16.7. The van der Waals surface area contributed by atoms with Crippen molar-refractivity contribution < 1.29 is 14.3 Å². The highest BCUT2D eigenvalue weighted by molar-refractivity contribution is 5.93. The van der Waals surface area contributed by atoms with E-state index in [0.717, 1.165) is 24.9 Å². The number of hydrogen-bond acceptors (Lipinski definition) is 3. The van der Waals surface area contributed by atoms with Gasteiger partial charge in [0, 0.05) is 5.69 Å². The zero-order chi connectivity index (χ0) is 19.2. The largest absolute Gasteiger partial charge is 0.455 e. The lowest BCUT2D eigenvalue weighted by atomic mass is 9.49. The van der Waals surface area contributed by atoms with Crippen molar-refractivity contribution in [3.8, 4) is 0 Å². The summed E-state index contributed by atoms with van der Waals surface area (Å²) in [5.74, 6) is 1.67. The Morgan fingerprint density at radius 2 is 1.52 bits per heavy atom. The van der Waals surface area contributed by atoms with E-state index in [1.165, 1.54) is 24.8 Å². The molecule has 1 N–H and O–H groups in total. The Morgan fingerprint density at radius 3 is 2.00 bits per heavy atom. The van der Waals surface area contributed by atoms with Gasteiger partial charge in [-0.1, -0.05) is 32.9 Å². The zero-order valence-electron chi connectivity index (χ0n) is 16.7. The molecule has 0 unspecified atom stereocenters. The summed E-state index contributed by atoms with van der Waals surface area (Å²) in [6, 6.07) is 7.85. The van der Waals surface area contributed by atoms with Crippen LogP contribution in [0.2, 0.25) is 0 Å². The molecule has 4 fully saturated rings. The lowest BCUT2D eigenvalue weighted by molar-refractivity contribution is -0.172. The SMILES string of the molecule is CC(C)(C)c1ccc(NC(=O)COC(=O)C23CC4CC(CC(C4)C2)C3)cc1. The van der Waals surface area contributed by atoms with Gasteiger partial charge in [-0.25, -0.2) is 0 Å². The number of benzene rings is 1. The van der Waals surface area contributed by atoms with Crippen molar-refractivity contribution in [3.63, 3.8) is 0 Å². The van der Waals surface area contributed by atoms with Gasteiger partial charge in [0.25, 0.3) is 5.91 Å². The van der Waals surface area contributed by atoms with Crippen LogP contribution in [0.3, 0.4) is 0 Å². The number of anilines is 1. The maximum Gasteiger partial charge on any atom is 0.312 e. The van der Waals surface area contributed by atoms with Gasteiger partial charge in [0.05, 0.1) is 5.41 Å². The van der Waals surface area contributed by atoms with E-state index < -0.39 is 0 Å². The van der Waals surface area contributed by atoms with Crippen molar-refractivity contribution in [1.29, 1.82) is 0 Å². The normalized spacial score (nSPS) is 31.6. The molecule has 27 heavy (non-hydrogen) atoms. The molecule has 0 aromatic heterocycles. The molecule has 1 aromatic rings. The van der Waals surface area contributed by atoms with E-state index in [9.17, 15) is 9.59 Å². The molecule has 0 heterocycles. The minimum Gasteiger partial charge on any atom is -0.455 e. The van der Waals surface area contributed by atoms with Crippen molar-refractivity contribution in [2.24, 2.45) is 23.2 Å². The molecular weight excluding hydrogens is 338 g/mol. The summed E-state index contributed by atoms with van der Waals surface area (Å²) < 4.78 is 5.49. The van der Waals surface area contributed by atoms with Gasteiger partial charge < -0.3 is 10.1 Å². The van der Waals surface area contributed by atoms with E-state index in [1.54, 1.807) is 0 Å². The molecule has 0 saturated heterocycles. The van der Waals surface area contributed by atoms with Gasteiger partial charge in [-0.3, -0.25) is 9.59 Å². The summed E-state index contributed by atoms with van der Waals surface area (Å²) in [7, 11) is 0. The maximum absolute atomic E-state index is 12.8. The first-order valence-corrected chi connectivity index (χ1v) is 10.3. The van der Waals surface area contributed by atoms with Crippen LogP contribution in [0.25, 0.3) is 0 Å². The molecule has 0 atom stereocenters. The third-order valence-electron chi connectivity index (χ3n) is 6.84. The molecule has 0 aliphatic heterocycles. The van der Waals surface area contributed by atoms with Gasteiger partial charge in [-0.15, -0.1) is 0 Å². The second-order valence-electron chi connectivity index (χ2n) is 10.1. The Hall–Kier alpha value is -1.84. The third-order valence-corrected chi connectivity index (χ3v) is 6.84. The molecule has 0 radical (unpaired) electrons. The summed E-state index contributed by atoms with van der Waals surface area (Å²) in [6.07, 6.45) is 6.77. The Bertz CT molecular complexity index is 694. The van der Waals surface area contributed by atoms with Gasteiger partial charge in [0.15, 0.2) is 6.61 Å². The first-order chi connectivity index (χ1) is 12.7. The van der Waals surface area contributed by atoms with E-state index in [4.69, 9.17) is 4.74 Å². The first kappa shape index (κ1) is 18.5. The molecule has 4 heteroatoms. The first-order valence-electron chi connectivity index (χ1n) is 10.3. The van der Waals surface area contributed by atoms with Crippen LogP contribution in [0.15, 0.2) is 24.3 Å². The Morgan fingerprint density at radius 1 is 1.00 bits per heavy atom. The number of esters is 1. The monoisotopic (exact) mass is 369 g/mol. The molecule has 4 saturated carbocycles. The van der Waals surface area contributed by atoms with Gasteiger partial charge >= 0.3 is 5.97 Å². The number of carbonyl (C=O) groups excluding carboxylic acids is 2. The fourth-order valence-corrected chi connectivity index (χ4v) is 5.90. The van der Waals surface area contributed by atoms with Crippen LogP contribution in [0.4, 0.5) is 5.69 Å². The molecule has 146 valence electrons. The Labute approximate surface area is 162 Å². The van der Waals surface area contributed by atoms with Crippen molar-refractivity contribution >= 4 is 17.6 Å². The number of nitrogens with one attached hydrogen (secondary N) is 1. The van der Waals surface area contributed by atoms with Crippen LogP contribution < -0.4 is 5.32 Å². The van der Waals surface area contributed by atoms with Crippen LogP contribution in [0, 0.1) is 23.2 Å². The van der Waals surface area contributed by atoms with Crippen LogP contribution in [-0.2, 0) is 19.7 Å². The lowest BCUT2D eigenvalue weighted by Gasteiger charge is -2.55. The van der Waals surface area contributed by atoms with E-state index in [2.05, 4.69) is 26.1 Å². The second-order valence-corrected chi connectivity index (χ2v) is 10.1. The molecule has 0 spiro atoms. The quantitative estimate of drug-likeness (QED) is 0.784. The van der Waals surface area contributed by atoms with E-state index in [0.29, 0.717) is 17.8 Å². The van der Waals surface area contributed by atoms with E-state index in [1.807, 2.05) is 24.3 Å². The van der Waals surface area contributed by atoms with Crippen molar-refractivity contribution in [3.05, 3.63) is 29.8 Å². The average molecular weight is 370 g/mol. The van der Waals surface area contributed by atoms with E-state index >= 15 is 0 Å². The molecule has 1 amide bonds. The van der Waals surface area contributed by atoms with Gasteiger partial charge in [-0.05, 0) is 79.4 Å². The molecule has 1 aromatic carbocycles. The highest BCUT2D eigenvalue weighted by atomic mass is 16.5. The summed E-state index contributed by atoms with van der Waals surface area (Å²) in [5, 5.41) is 2.83. The van der Waals surface area contributed by atoms with Crippen molar-refractivity contribution in [1.82, 2.24) is 0 Å². The Balaban J connectivity index is 1.31. The number of rotatable bonds is 4. The summed E-state index contributed by atoms with van der Waals surface area (Å²) in [4.78, 5) is 25.0. The number of amides is 1. The molecule has 4 nitrogen and oxygen atoms in total. The lowest BCUT2D eigenvalue weighted by Crippen LogP contribution is -2.50. The van der Waals surface area contributed by atoms with Crippen molar-refractivity contribution in [2.75, 3.05) is 11.9 Å². The third kappa shape index (κ3) is 3.76. The Kier molecular flexibility index (Phi) is 4.56. The topological polar surface area (TPSA) is 55.4 Å². The van der Waals surface area contributed by atoms with Gasteiger partial charge in [0.2, 0.25) is 0 Å². The molecule has 4 bridgehead atoms. The second kappa shape index (κ2) is 6.65. The molecular formula is C23H31NO3. The van der Waals surface area contributed by atoms with Crippen LogP contribution in [-0.4, -0.2) is 18.5 Å². The fourth-order valence-electron chi connectivity index (χ4n) is 5.90. The van der Waals surface area contributed by atoms with E-state index in [-0.39, 0.29) is 29.3 Å². The fraction of sp³-hybridized carbons (Fsp3) is 0.652. The highest BCUT2D eigenvalue weighted by Crippen LogP contribution is 2.60. The predicted molar refractivity (Wildman–Crippen MR) is 105 cm³/mol. The van der Waals surface area contributed by atoms with Crippen LogP contribution in [0.5, 0.6) is 0 Å². The van der Waals surface area contributed by atoms with Crippen LogP contribution >= 0.6 is 0 Å². The van der Waals surface area contributed by atoms with Gasteiger partial charge in [0.1, 0.15) is 0 Å². The van der Waals surface area contributed by atoms with Gasteiger partial charge in [-0.2, -0.15) is 0 Å². The highest BCUT2D eigenvalue weighted by Gasteiger charge is 2.55. The predicted octanol–water partition coefficient (Wildman–Crippen LogP) is 4.68. The summed E-state index contributed by atoms with van der Waals surface area (Å²) in [6.45, 7) is 6.28. The smallest absolute Gasteiger partial charge is 0.312 e. The number of hydrogen-bond donors (Lipinski definition) is 1.